The Bertz CT molecular complexity index is 466. The first-order chi connectivity index (χ1) is 7.84. The fourth-order valence-electron chi connectivity index (χ4n) is 1.85. The molecule has 0 aliphatic carbocycles. The molecule has 1 rings (SSSR count). The van der Waals surface area contributed by atoms with Gasteiger partial charge in [0, 0.05) is 12.3 Å². The topological polar surface area (TPSA) is 46.2 Å². The largest absolute Gasteiger partial charge is 0.313 e. The van der Waals surface area contributed by atoms with E-state index in [0.29, 0.717) is 10.8 Å². The van der Waals surface area contributed by atoms with E-state index < -0.39 is 9.84 Å². The summed E-state index contributed by atoms with van der Waals surface area (Å²) in [5, 5.41) is 3.23. The van der Waals surface area contributed by atoms with Crippen LogP contribution in [0.25, 0.3) is 0 Å². The van der Waals surface area contributed by atoms with Crippen LogP contribution in [0.3, 0.4) is 0 Å². The smallest absolute Gasteiger partial charge is 0.175 e. The lowest BCUT2D eigenvalue weighted by Crippen LogP contribution is -2.18. The molecule has 0 amide bonds. The van der Waals surface area contributed by atoms with Gasteiger partial charge in [-0.1, -0.05) is 26.0 Å². The number of hydrogen-bond donors (Lipinski definition) is 1. The van der Waals surface area contributed by atoms with Gasteiger partial charge in [-0.25, -0.2) is 8.42 Å². The van der Waals surface area contributed by atoms with Gasteiger partial charge in [-0.05, 0) is 37.1 Å². The molecule has 4 heteroatoms. The Morgan fingerprint density at radius 1 is 1.29 bits per heavy atom. The van der Waals surface area contributed by atoms with Gasteiger partial charge in [0.2, 0.25) is 0 Å². The van der Waals surface area contributed by atoms with Gasteiger partial charge in [-0.3, -0.25) is 0 Å². The van der Waals surface area contributed by atoms with E-state index in [1.54, 1.807) is 18.2 Å². The highest BCUT2D eigenvalue weighted by Gasteiger charge is 2.14. The Morgan fingerprint density at radius 3 is 2.41 bits per heavy atom. The highest BCUT2D eigenvalue weighted by molar-refractivity contribution is 7.90. The minimum Gasteiger partial charge on any atom is -0.313 e. The third kappa shape index (κ3) is 4.13. The molecule has 0 aromatic heterocycles. The molecule has 3 nitrogen and oxygen atoms in total. The predicted molar refractivity (Wildman–Crippen MR) is 70.8 cm³/mol. The molecule has 0 aliphatic heterocycles. The highest BCUT2D eigenvalue weighted by Crippen LogP contribution is 2.23. The lowest BCUT2D eigenvalue weighted by molar-refractivity contribution is 0.456. The van der Waals surface area contributed by atoms with E-state index in [4.69, 9.17) is 0 Å². The SMILES string of the molecule is CNC(CC(C)C)c1cccc(S(C)(=O)=O)c1. The summed E-state index contributed by atoms with van der Waals surface area (Å²) in [7, 11) is -1.22. The summed E-state index contributed by atoms with van der Waals surface area (Å²) in [5.41, 5.74) is 1.03. The van der Waals surface area contributed by atoms with Crippen LogP contribution < -0.4 is 5.32 Å². The molecule has 1 aromatic rings. The van der Waals surface area contributed by atoms with Crippen molar-refractivity contribution in [2.75, 3.05) is 13.3 Å². The Hall–Kier alpha value is -0.870. The van der Waals surface area contributed by atoms with Crippen molar-refractivity contribution < 1.29 is 8.42 Å². The fraction of sp³-hybridized carbons (Fsp3) is 0.538. The third-order valence-corrected chi connectivity index (χ3v) is 3.85. The van der Waals surface area contributed by atoms with Crippen molar-refractivity contribution in [3.63, 3.8) is 0 Å². The van der Waals surface area contributed by atoms with Crippen molar-refractivity contribution in [2.45, 2.75) is 31.2 Å². The van der Waals surface area contributed by atoms with Crippen LogP contribution >= 0.6 is 0 Å². The van der Waals surface area contributed by atoms with Crippen LogP contribution in [-0.4, -0.2) is 21.7 Å². The minimum atomic E-state index is -3.12. The number of hydrogen-bond acceptors (Lipinski definition) is 3. The Morgan fingerprint density at radius 2 is 1.94 bits per heavy atom. The molecule has 0 saturated carbocycles. The summed E-state index contributed by atoms with van der Waals surface area (Å²) < 4.78 is 23.0. The zero-order chi connectivity index (χ0) is 13.1. The van der Waals surface area contributed by atoms with E-state index in [1.807, 2.05) is 13.1 Å². The molecule has 1 atom stereocenters. The van der Waals surface area contributed by atoms with Gasteiger partial charge in [0.1, 0.15) is 0 Å². The van der Waals surface area contributed by atoms with E-state index in [2.05, 4.69) is 19.2 Å². The second-order valence-electron chi connectivity index (χ2n) is 4.82. The molecule has 17 heavy (non-hydrogen) atoms. The Balaban J connectivity index is 3.05. The summed E-state index contributed by atoms with van der Waals surface area (Å²) in [6.45, 7) is 4.31. The average molecular weight is 255 g/mol. The zero-order valence-corrected chi connectivity index (χ0v) is 11.7. The number of nitrogens with one attached hydrogen (secondary N) is 1. The number of benzene rings is 1. The van der Waals surface area contributed by atoms with E-state index in [-0.39, 0.29) is 6.04 Å². The highest BCUT2D eigenvalue weighted by atomic mass is 32.2. The molecule has 1 N–H and O–H groups in total. The van der Waals surface area contributed by atoms with Gasteiger partial charge < -0.3 is 5.32 Å². The average Bonchev–Trinajstić information content (AvgIpc) is 2.24. The molecule has 0 aliphatic rings. The van der Waals surface area contributed by atoms with Crippen molar-refractivity contribution in [2.24, 2.45) is 5.92 Å². The molecule has 1 aromatic carbocycles. The van der Waals surface area contributed by atoms with Gasteiger partial charge in [-0.2, -0.15) is 0 Å². The summed E-state index contributed by atoms with van der Waals surface area (Å²) in [6.07, 6.45) is 2.23. The normalized spacial score (nSPS) is 13.9. The quantitative estimate of drug-likeness (QED) is 0.878. The predicted octanol–water partition coefficient (Wildman–Crippen LogP) is 2.40. The molecular formula is C13H21NO2S. The second kappa shape index (κ2) is 5.65. The van der Waals surface area contributed by atoms with E-state index in [0.717, 1.165) is 12.0 Å². The molecular weight excluding hydrogens is 234 g/mol. The van der Waals surface area contributed by atoms with Crippen LogP contribution in [-0.2, 0) is 9.84 Å². The molecule has 0 radical (unpaired) electrons. The summed E-state index contributed by atoms with van der Waals surface area (Å²) in [4.78, 5) is 0.388. The van der Waals surface area contributed by atoms with Gasteiger partial charge in [0.25, 0.3) is 0 Å². The van der Waals surface area contributed by atoms with Crippen LogP contribution in [0.15, 0.2) is 29.2 Å². The van der Waals surface area contributed by atoms with Gasteiger partial charge >= 0.3 is 0 Å². The lowest BCUT2D eigenvalue weighted by Gasteiger charge is -2.19. The first-order valence-corrected chi connectivity index (χ1v) is 7.71. The molecule has 0 bridgehead atoms. The summed E-state index contributed by atoms with van der Waals surface area (Å²) in [6, 6.07) is 7.38. The fourth-order valence-corrected chi connectivity index (χ4v) is 2.53. The maximum atomic E-state index is 11.5. The monoisotopic (exact) mass is 255 g/mol. The third-order valence-electron chi connectivity index (χ3n) is 2.74. The van der Waals surface area contributed by atoms with Crippen molar-refractivity contribution in [3.05, 3.63) is 29.8 Å². The number of sulfone groups is 1. The van der Waals surface area contributed by atoms with Crippen LogP contribution in [0, 0.1) is 5.92 Å². The molecule has 96 valence electrons. The number of rotatable bonds is 5. The van der Waals surface area contributed by atoms with Gasteiger partial charge in [-0.15, -0.1) is 0 Å². The Kier molecular flexibility index (Phi) is 4.71. The molecule has 0 heterocycles. The minimum absolute atomic E-state index is 0.205. The van der Waals surface area contributed by atoms with Crippen LogP contribution in [0.4, 0.5) is 0 Å². The molecule has 0 fully saturated rings. The van der Waals surface area contributed by atoms with E-state index >= 15 is 0 Å². The van der Waals surface area contributed by atoms with Crippen LogP contribution in [0.1, 0.15) is 31.9 Å². The molecule has 0 saturated heterocycles. The van der Waals surface area contributed by atoms with Gasteiger partial charge in [0.15, 0.2) is 9.84 Å². The summed E-state index contributed by atoms with van der Waals surface area (Å²) >= 11 is 0. The molecule has 1 unspecified atom stereocenters. The van der Waals surface area contributed by atoms with Crippen LogP contribution in [0.2, 0.25) is 0 Å². The van der Waals surface area contributed by atoms with Crippen molar-refractivity contribution in [3.8, 4) is 0 Å². The van der Waals surface area contributed by atoms with E-state index in [9.17, 15) is 8.42 Å². The maximum Gasteiger partial charge on any atom is 0.175 e. The first-order valence-electron chi connectivity index (χ1n) is 5.82. The van der Waals surface area contributed by atoms with E-state index in [1.165, 1.54) is 6.26 Å². The summed E-state index contributed by atoms with van der Waals surface area (Å²) in [5.74, 6) is 0.564. The second-order valence-corrected chi connectivity index (χ2v) is 6.83. The molecule has 0 spiro atoms. The zero-order valence-electron chi connectivity index (χ0n) is 10.9. The lowest BCUT2D eigenvalue weighted by atomic mass is 9.97. The van der Waals surface area contributed by atoms with Gasteiger partial charge in [0.05, 0.1) is 4.90 Å². The first kappa shape index (κ1) is 14.2. The standard InChI is InChI=1S/C13H21NO2S/c1-10(2)8-13(14-3)11-6-5-7-12(9-11)17(4,15)16/h5-7,9-10,13-14H,8H2,1-4H3. The van der Waals surface area contributed by atoms with Crippen molar-refractivity contribution >= 4 is 9.84 Å². The van der Waals surface area contributed by atoms with Crippen molar-refractivity contribution in [1.29, 1.82) is 0 Å². The van der Waals surface area contributed by atoms with Crippen LogP contribution in [0.5, 0.6) is 0 Å². The van der Waals surface area contributed by atoms with Crippen molar-refractivity contribution in [1.82, 2.24) is 5.32 Å². The Labute approximate surface area is 104 Å². The maximum absolute atomic E-state index is 11.5.